The molecule has 0 spiro atoms. The molecule has 0 bridgehead atoms. The molecule has 0 amide bonds. The number of hydrogen-bond acceptors (Lipinski definition) is 4. The quantitative estimate of drug-likeness (QED) is 0.890. The van der Waals surface area contributed by atoms with Crippen LogP contribution in [0.2, 0.25) is 0 Å². The average molecular weight is 376 g/mol. The molecule has 1 aromatic heterocycles. The van der Waals surface area contributed by atoms with Crippen LogP contribution in [-0.4, -0.2) is 27.7 Å². The second-order valence-electron chi connectivity index (χ2n) is 7.67. The lowest BCUT2D eigenvalue weighted by Crippen LogP contribution is -2.33. The van der Waals surface area contributed by atoms with Crippen LogP contribution in [0.25, 0.3) is 17.7 Å². The van der Waals surface area contributed by atoms with E-state index in [4.69, 9.17) is 9.72 Å². The minimum absolute atomic E-state index is 0.0892. The predicted molar refractivity (Wildman–Crippen MR) is 105 cm³/mol. The lowest BCUT2D eigenvalue weighted by atomic mass is 9.90. The lowest BCUT2D eigenvalue weighted by Gasteiger charge is -2.23. The largest absolute Gasteiger partial charge is 0.497 e. The van der Waals surface area contributed by atoms with E-state index in [1.165, 1.54) is 0 Å². The van der Waals surface area contributed by atoms with Gasteiger partial charge in [0.1, 0.15) is 17.0 Å². The SMILES string of the molecule is COc1cccc(C=C2CCCc3c2nc2n(c3=O)C3CC3(C(=O)O)C=C2)c1. The molecule has 1 aliphatic heterocycles. The van der Waals surface area contributed by atoms with Crippen LogP contribution in [-0.2, 0) is 11.2 Å². The van der Waals surface area contributed by atoms with Crippen molar-refractivity contribution in [2.24, 2.45) is 5.41 Å². The zero-order valence-electron chi connectivity index (χ0n) is 15.5. The number of ether oxygens (including phenoxy) is 1. The Balaban J connectivity index is 1.62. The van der Waals surface area contributed by atoms with Gasteiger partial charge in [-0.25, -0.2) is 4.98 Å². The molecule has 2 aromatic rings. The highest BCUT2D eigenvalue weighted by Gasteiger charge is 2.62. The second-order valence-corrected chi connectivity index (χ2v) is 7.67. The molecule has 1 N–H and O–H groups in total. The molecule has 28 heavy (non-hydrogen) atoms. The number of allylic oxidation sites excluding steroid dienone is 1. The zero-order valence-corrected chi connectivity index (χ0v) is 15.5. The van der Waals surface area contributed by atoms with Gasteiger partial charge in [-0.15, -0.1) is 0 Å². The molecule has 5 rings (SSSR count). The Morgan fingerprint density at radius 1 is 1.39 bits per heavy atom. The number of nitrogens with zero attached hydrogens (tertiary/aromatic N) is 2. The zero-order chi connectivity index (χ0) is 19.5. The molecule has 1 saturated carbocycles. The smallest absolute Gasteiger partial charge is 0.315 e. The number of carbonyl (C=O) groups is 1. The molecule has 0 radical (unpaired) electrons. The highest BCUT2D eigenvalue weighted by atomic mass is 16.5. The number of methoxy groups -OCH3 is 1. The van der Waals surface area contributed by atoms with Crippen molar-refractivity contribution in [2.75, 3.05) is 7.11 Å². The van der Waals surface area contributed by atoms with Crippen molar-refractivity contribution < 1.29 is 14.6 Å². The first-order valence-corrected chi connectivity index (χ1v) is 9.46. The summed E-state index contributed by atoms with van der Waals surface area (Å²) in [4.78, 5) is 29.6. The van der Waals surface area contributed by atoms with E-state index in [1.54, 1.807) is 23.8 Å². The van der Waals surface area contributed by atoms with E-state index >= 15 is 0 Å². The Labute approximate surface area is 161 Å². The highest BCUT2D eigenvalue weighted by Crippen LogP contribution is 2.59. The van der Waals surface area contributed by atoms with Crippen molar-refractivity contribution >= 4 is 23.7 Å². The van der Waals surface area contributed by atoms with Crippen LogP contribution < -0.4 is 10.3 Å². The summed E-state index contributed by atoms with van der Waals surface area (Å²) in [5.41, 5.74) is 2.47. The number of rotatable bonds is 3. The number of carboxylic acid groups (broad SMARTS) is 1. The van der Waals surface area contributed by atoms with Gasteiger partial charge < -0.3 is 9.84 Å². The molecule has 2 atom stereocenters. The first kappa shape index (κ1) is 17.0. The molecule has 3 aliphatic rings. The number of aromatic nitrogens is 2. The Hall–Kier alpha value is -3.15. The van der Waals surface area contributed by atoms with Crippen LogP contribution in [0, 0.1) is 5.41 Å². The van der Waals surface area contributed by atoms with Gasteiger partial charge in [0.05, 0.1) is 18.8 Å². The summed E-state index contributed by atoms with van der Waals surface area (Å²) in [5, 5.41) is 9.54. The van der Waals surface area contributed by atoms with Gasteiger partial charge in [-0.3, -0.25) is 14.2 Å². The van der Waals surface area contributed by atoms with Crippen molar-refractivity contribution in [3.8, 4) is 5.75 Å². The third-order valence-corrected chi connectivity index (χ3v) is 6.05. The van der Waals surface area contributed by atoms with Gasteiger partial charge in [-0.05, 0) is 61.1 Å². The Kier molecular flexibility index (Phi) is 3.59. The van der Waals surface area contributed by atoms with Crippen LogP contribution >= 0.6 is 0 Å². The maximum Gasteiger partial charge on any atom is 0.315 e. The molecule has 2 aliphatic carbocycles. The fraction of sp³-hybridized carbons (Fsp3) is 0.318. The van der Waals surface area contributed by atoms with E-state index in [2.05, 4.69) is 6.08 Å². The van der Waals surface area contributed by atoms with Crippen LogP contribution in [0.3, 0.4) is 0 Å². The van der Waals surface area contributed by atoms with Gasteiger partial charge >= 0.3 is 5.97 Å². The molecule has 142 valence electrons. The highest BCUT2D eigenvalue weighted by molar-refractivity contribution is 5.85. The van der Waals surface area contributed by atoms with E-state index in [-0.39, 0.29) is 11.6 Å². The Bertz CT molecular complexity index is 1130. The monoisotopic (exact) mass is 376 g/mol. The molecule has 6 heteroatoms. The topological polar surface area (TPSA) is 81.4 Å². The second kappa shape index (κ2) is 5.92. The number of carboxylic acids is 1. The normalized spacial score (nSPS) is 25.6. The van der Waals surface area contributed by atoms with E-state index in [1.807, 2.05) is 24.3 Å². The fourth-order valence-electron chi connectivity index (χ4n) is 4.43. The van der Waals surface area contributed by atoms with Gasteiger partial charge in [-0.2, -0.15) is 0 Å². The summed E-state index contributed by atoms with van der Waals surface area (Å²) >= 11 is 0. The molecule has 2 heterocycles. The van der Waals surface area contributed by atoms with Crippen molar-refractivity contribution in [3.05, 3.63) is 63.3 Å². The van der Waals surface area contributed by atoms with Gasteiger partial charge in [0.25, 0.3) is 5.56 Å². The minimum atomic E-state index is -0.930. The van der Waals surface area contributed by atoms with Crippen LogP contribution in [0.5, 0.6) is 5.75 Å². The minimum Gasteiger partial charge on any atom is -0.497 e. The summed E-state index contributed by atoms with van der Waals surface area (Å²) in [6, 6.07) is 7.47. The summed E-state index contributed by atoms with van der Waals surface area (Å²) in [5.74, 6) is 0.467. The van der Waals surface area contributed by atoms with E-state index in [0.29, 0.717) is 24.2 Å². The third kappa shape index (κ3) is 2.37. The lowest BCUT2D eigenvalue weighted by molar-refractivity contribution is -0.141. The van der Waals surface area contributed by atoms with E-state index in [9.17, 15) is 14.7 Å². The number of benzene rings is 1. The standard InChI is InChI=1S/C22H20N2O4/c1-28-15-6-2-4-13(11-15)10-14-5-3-7-16-19(14)23-18-8-9-22(21(26)27)12-17(22)24(18)20(16)25/h2,4,6,8-11,17H,3,5,7,12H2,1H3,(H,26,27). The molecule has 1 fully saturated rings. The third-order valence-electron chi connectivity index (χ3n) is 6.05. The summed E-state index contributed by atoms with van der Waals surface area (Å²) in [7, 11) is 1.64. The maximum atomic E-state index is 13.2. The molecule has 2 unspecified atom stereocenters. The summed E-state index contributed by atoms with van der Waals surface area (Å²) < 4.78 is 6.90. The summed E-state index contributed by atoms with van der Waals surface area (Å²) in [6.07, 6.45) is 8.32. The average Bonchev–Trinajstić information content (AvgIpc) is 3.45. The van der Waals surface area contributed by atoms with Crippen LogP contribution in [0.4, 0.5) is 0 Å². The number of hydrogen-bond donors (Lipinski definition) is 1. The maximum absolute atomic E-state index is 13.2. The van der Waals surface area contributed by atoms with Crippen LogP contribution in [0.15, 0.2) is 35.1 Å². The molecular weight excluding hydrogens is 356 g/mol. The Morgan fingerprint density at radius 2 is 2.25 bits per heavy atom. The molecule has 1 aromatic carbocycles. The van der Waals surface area contributed by atoms with Crippen LogP contribution in [0.1, 0.15) is 47.9 Å². The predicted octanol–water partition coefficient (Wildman–Crippen LogP) is 3.17. The van der Waals surface area contributed by atoms with Gasteiger partial charge in [0, 0.05) is 5.56 Å². The molecule has 0 saturated heterocycles. The van der Waals surface area contributed by atoms with E-state index < -0.39 is 11.4 Å². The number of aliphatic carboxylic acids is 1. The van der Waals surface area contributed by atoms with Crippen molar-refractivity contribution in [2.45, 2.75) is 31.7 Å². The first-order valence-electron chi connectivity index (χ1n) is 9.46. The molecule has 6 nitrogen and oxygen atoms in total. The van der Waals surface area contributed by atoms with Crippen molar-refractivity contribution in [1.82, 2.24) is 9.55 Å². The van der Waals surface area contributed by atoms with Gasteiger partial charge in [0.15, 0.2) is 0 Å². The Morgan fingerprint density at radius 3 is 3.04 bits per heavy atom. The van der Waals surface area contributed by atoms with Gasteiger partial charge in [0.2, 0.25) is 0 Å². The fourth-order valence-corrected chi connectivity index (χ4v) is 4.43. The number of fused-ring (bicyclic) bond motifs is 4. The molecular formula is C22H20N2O4. The van der Waals surface area contributed by atoms with Crippen molar-refractivity contribution in [3.63, 3.8) is 0 Å². The van der Waals surface area contributed by atoms with Crippen molar-refractivity contribution in [1.29, 1.82) is 0 Å². The van der Waals surface area contributed by atoms with Gasteiger partial charge in [-0.1, -0.05) is 18.2 Å². The summed E-state index contributed by atoms with van der Waals surface area (Å²) in [6.45, 7) is 0. The first-order chi connectivity index (χ1) is 13.5. The van der Waals surface area contributed by atoms with E-state index in [0.717, 1.165) is 35.4 Å².